The third-order valence-corrected chi connectivity index (χ3v) is 4.38. The SMILES string of the molecule is COc1ccc(/C=C/C(=O)N2CCNC(=O)C2CC(=O)OCC(C)C)cc1OC. The Balaban J connectivity index is 2.09. The third kappa shape index (κ3) is 6.23. The minimum Gasteiger partial charge on any atom is -0.493 e. The summed E-state index contributed by atoms with van der Waals surface area (Å²) in [6.45, 7) is 4.79. The van der Waals surface area contributed by atoms with Gasteiger partial charge in [0.05, 0.1) is 27.2 Å². The normalized spacial score (nSPS) is 16.7. The lowest BCUT2D eigenvalue weighted by atomic mass is 10.1. The fraction of sp³-hybridized carbons (Fsp3) is 0.476. The van der Waals surface area contributed by atoms with Crippen LogP contribution < -0.4 is 14.8 Å². The molecule has 1 atom stereocenters. The summed E-state index contributed by atoms with van der Waals surface area (Å²) in [6, 6.07) is 4.39. The minimum atomic E-state index is -0.883. The van der Waals surface area contributed by atoms with Crippen LogP contribution in [0.5, 0.6) is 11.5 Å². The Kier molecular flexibility index (Phi) is 8.06. The number of carbonyl (C=O) groups is 3. The van der Waals surface area contributed by atoms with Crippen molar-refractivity contribution in [2.24, 2.45) is 5.92 Å². The topological polar surface area (TPSA) is 94.2 Å². The number of methoxy groups -OCH3 is 2. The molecule has 1 unspecified atom stereocenters. The van der Waals surface area contributed by atoms with E-state index >= 15 is 0 Å². The number of nitrogens with zero attached hydrogens (tertiary/aromatic N) is 1. The van der Waals surface area contributed by atoms with Crippen molar-refractivity contribution in [1.29, 1.82) is 0 Å². The summed E-state index contributed by atoms with van der Waals surface area (Å²) in [4.78, 5) is 38.4. The van der Waals surface area contributed by atoms with Crippen molar-refractivity contribution in [3.05, 3.63) is 29.8 Å². The zero-order chi connectivity index (χ0) is 21.4. The van der Waals surface area contributed by atoms with Crippen LogP contribution in [0.1, 0.15) is 25.8 Å². The van der Waals surface area contributed by atoms with Gasteiger partial charge in [-0.1, -0.05) is 19.9 Å². The lowest BCUT2D eigenvalue weighted by Gasteiger charge is -2.33. The van der Waals surface area contributed by atoms with Gasteiger partial charge in [0.25, 0.3) is 0 Å². The van der Waals surface area contributed by atoms with E-state index in [9.17, 15) is 14.4 Å². The van der Waals surface area contributed by atoms with E-state index in [1.54, 1.807) is 31.4 Å². The fourth-order valence-electron chi connectivity index (χ4n) is 2.88. The molecule has 0 aliphatic carbocycles. The predicted molar refractivity (Wildman–Crippen MR) is 108 cm³/mol. The third-order valence-electron chi connectivity index (χ3n) is 4.38. The Labute approximate surface area is 170 Å². The molecular formula is C21H28N2O6. The van der Waals surface area contributed by atoms with Crippen molar-refractivity contribution in [2.75, 3.05) is 33.9 Å². The number of benzene rings is 1. The highest BCUT2D eigenvalue weighted by Gasteiger charge is 2.34. The molecule has 158 valence electrons. The number of amides is 2. The maximum atomic E-state index is 12.7. The molecule has 0 bridgehead atoms. The van der Waals surface area contributed by atoms with Crippen LogP contribution in [0, 0.1) is 5.92 Å². The largest absolute Gasteiger partial charge is 0.493 e. The van der Waals surface area contributed by atoms with Crippen LogP contribution in [-0.4, -0.2) is 62.6 Å². The summed E-state index contributed by atoms with van der Waals surface area (Å²) in [5, 5.41) is 2.69. The molecule has 1 fully saturated rings. The van der Waals surface area contributed by atoms with Gasteiger partial charge in [-0.2, -0.15) is 0 Å². The number of carbonyl (C=O) groups excluding carboxylic acids is 3. The van der Waals surface area contributed by atoms with Crippen LogP contribution in [0.4, 0.5) is 0 Å². The molecule has 0 radical (unpaired) electrons. The van der Waals surface area contributed by atoms with Crippen molar-refractivity contribution in [2.45, 2.75) is 26.3 Å². The van der Waals surface area contributed by atoms with Crippen molar-refractivity contribution in [3.63, 3.8) is 0 Å². The first-order valence-electron chi connectivity index (χ1n) is 9.49. The van der Waals surface area contributed by atoms with Gasteiger partial charge >= 0.3 is 5.97 Å². The average Bonchev–Trinajstić information content (AvgIpc) is 2.71. The highest BCUT2D eigenvalue weighted by atomic mass is 16.5. The van der Waals surface area contributed by atoms with Crippen LogP contribution in [0.25, 0.3) is 6.08 Å². The molecule has 2 rings (SSSR count). The van der Waals surface area contributed by atoms with E-state index in [-0.39, 0.29) is 30.8 Å². The first-order valence-corrected chi connectivity index (χ1v) is 9.49. The maximum absolute atomic E-state index is 12.7. The molecule has 0 aromatic heterocycles. The molecule has 0 spiro atoms. The Morgan fingerprint density at radius 2 is 1.97 bits per heavy atom. The molecular weight excluding hydrogens is 376 g/mol. The van der Waals surface area contributed by atoms with E-state index in [2.05, 4.69) is 5.32 Å². The van der Waals surface area contributed by atoms with Gasteiger partial charge < -0.3 is 24.4 Å². The lowest BCUT2D eigenvalue weighted by Crippen LogP contribution is -2.57. The van der Waals surface area contributed by atoms with Gasteiger partial charge in [-0.15, -0.1) is 0 Å². The quantitative estimate of drug-likeness (QED) is 0.523. The molecule has 1 saturated heterocycles. The van der Waals surface area contributed by atoms with Gasteiger partial charge in [-0.05, 0) is 29.7 Å². The predicted octanol–water partition coefficient (Wildman–Crippen LogP) is 1.63. The van der Waals surface area contributed by atoms with Crippen molar-refractivity contribution >= 4 is 23.9 Å². The van der Waals surface area contributed by atoms with E-state index in [0.717, 1.165) is 5.56 Å². The number of esters is 1. The van der Waals surface area contributed by atoms with Crippen molar-refractivity contribution in [3.8, 4) is 11.5 Å². The molecule has 29 heavy (non-hydrogen) atoms. The van der Waals surface area contributed by atoms with Crippen LogP contribution in [0.3, 0.4) is 0 Å². The minimum absolute atomic E-state index is 0.172. The van der Waals surface area contributed by atoms with Crippen LogP contribution >= 0.6 is 0 Å². The summed E-state index contributed by atoms with van der Waals surface area (Å²) in [7, 11) is 3.08. The molecule has 1 N–H and O–H groups in total. The number of ether oxygens (including phenoxy) is 3. The van der Waals surface area contributed by atoms with Crippen LogP contribution in [-0.2, 0) is 19.1 Å². The second kappa shape index (κ2) is 10.5. The number of hydrogen-bond acceptors (Lipinski definition) is 6. The molecule has 1 aromatic carbocycles. The number of rotatable bonds is 8. The van der Waals surface area contributed by atoms with Gasteiger partial charge in [0, 0.05) is 19.2 Å². The monoisotopic (exact) mass is 404 g/mol. The van der Waals surface area contributed by atoms with Crippen LogP contribution in [0.2, 0.25) is 0 Å². The first-order chi connectivity index (χ1) is 13.8. The summed E-state index contributed by atoms with van der Waals surface area (Å²) in [6.07, 6.45) is 2.84. The van der Waals surface area contributed by atoms with E-state index in [1.807, 2.05) is 13.8 Å². The Morgan fingerprint density at radius 3 is 2.62 bits per heavy atom. The zero-order valence-electron chi connectivity index (χ0n) is 17.3. The molecule has 0 saturated carbocycles. The summed E-state index contributed by atoms with van der Waals surface area (Å²) in [5.74, 6) is 0.125. The molecule has 1 aliphatic rings. The highest BCUT2D eigenvalue weighted by Crippen LogP contribution is 2.28. The molecule has 8 nitrogen and oxygen atoms in total. The van der Waals surface area contributed by atoms with Crippen molar-refractivity contribution in [1.82, 2.24) is 10.2 Å². The van der Waals surface area contributed by atoms with Crippen LogP contribution in [0.15, 0.2) is 24.3 Å². The second-order valence-electron chi connectivity index (χ2n) is 7.07. The second-order valence-corrected chi connectivity index (χ2v) is 7.07. The van der Waals surface area contributed by atoms with Gasteiger partial charge in [0.2, 0.25) is 11.8 Å². The molecule has 2 amide bonds. The fourth-order valence-corrected chi connectivity index (χ4v) is 2.88. The molecule has 1 aromatic rings. The zero-order valence-corrected chi connectivity index (χ0v) is 17.3. The van der Waals surface area contributed by atoms with Gasteiger partial charge in [-0.3, -0.25) is 14.4 Å². The average molecular weight is 404 g/mol. The van der Waals surface area contributed by atoms with Gasteiger partial charge in [0.15, 0.2) is 11.5 Å². The summed E-state index contributed by atoms with van der Waals surface area (Å²) >= 11 is 0. The number of piperazine rings is 1. The lowest BCUT2D eigenvalue weighted by molar-refractivity contribution is -0.151. The van der Waals surface area contributed by atoms with Gasteiger partial charge in [-0.25, -0.2) is 0 Å². The highest BCUT2D eigenvalue weighted by molar-refractivity contribution is 5.97. The smallest absolute Gasteiger partial charge is 0.308 e. The van der Waals surface area contributed by atoms with Crippen molar-refractivity contribution < 1.29 is 28.6 Å². The molecule has 1 heterocycles. The maximum Gasteiger partial charge on any atom is 0.308 e. The molecule has 1 aliphatic heterocycles. The Hall–Kier alpha value is -3.03. The standard InChI is InChI=1S/C21H28N2O6/c1-14(2)13-29-20(25)12-16-21(26)22-9-10-23(16)19(24)8-6-15-5-7-17(27-3)18(11-15)28-4/h5-8,11,14,16H,9-10,12-13H2,1-4H3,(H,22,26)/b8-6+. The van der Waals surface area contributed by atoms with E-state index in [0.29, 0.717) is 24.6 Å². The Morgan fingerprint density at radius 1 is 1.24 bits per heavy atom. The number of nitrogens with one attached hydrogen (secondary N) is 1. The summed E-state index contributed by atoms with van der Waals surface area (Å²) in [5.41, 5.74) is 0.741. The Bertz CT molecular complexity index is 774. The van der Waals surface area contributed by atoms with E-state index < -0.39 is 12.0 Å². The van der Waals surface area contributed by atoms with Gasteiger partial charge in [0.1, 0.15) is 6.04 Å². The molecule has 8 heteroatoms. The van der Waals surface area contributed by atoms with E-state index in [1.165, 1.54) is 18.1 Å². The first kappa shape index (κ1) is 22.3. The summed E-state index contributed by atoms with van der Waals surface area (Å²) < 4.78 is 15.6. The van der Waals surface area contributed by atoms with E-state index in [4.69, 9.17) is 14.2 Å². The number of hydrogen-bond donors (Lipinski definition) is 1.